The van der Waals surface area contributed by atoms with Gasteiger partial charge in [0.05, 0.1) is 7.11 Å². The van der Waals surface area contributed by atoms with Gasteiger partial charge >= 0.3 is 11.8 Å². The van der Waals surface area contributed by atoms with Crippen LogP contribution in [0.25, 0.3) is 6.08 Å². The van der Waals surface area contributed by atoms with Gasteiger partial charge in [-0.25, -0.2) is 14.3 Å². The Bertz CT molecular complexity index is 767. The fourth-order valence-electron chi connectivity index (χ4n) is 2.13. The van der Waals surface area contributed by atoms with Gasteiger partial charge in [0.1, 0.15) is 25.1 Å². The van der Waals surface area contributed by atoms with E-state index in [-0.39, 0.29) is 19.0 Å². The van der Waals surface area contributed by atoms with Crippen LogP contribution in [0.1, 0.15) is 11.4 Å². The summed E-state index contributed by atoms with van der Waals surface area (Å²) in [6.07, 6.45) is 4.05. The number of esters is 1. The largest absolute Gasteiger partial charge is 0.496 e. The quantitative estimate of drug-likeness (QED) is 0.334. The minimum Gasteiger partial charge on any atom is -0.496 e. The summed E-state index contributed by atoms with van der Waals surface area (Å²) in [7, 11) is 1.55. The maximum Gasteiger partial charge on any atom is 0.342 e. The van der Waals surface area contributed by atoms with Crippen LogP contribution in [-0.2, 0) is 16.1 Å². The van der Waals surface area contributed by atoms with Crippen molar-refractivity contribution in [3.05, 3.63) is 58.0 Å². The van der Waals surface area contributed by atoms with Crippen molar-refractivity contribution in [1.82, 2.24) is 9.55 Å². The first-order valence-electron chi connectivity index (χ1n) is 7.17. The van der Waals surface area contributed by atoms with E-state index in [1.165, 1.54) is 16.8 Å². The molecule has 24 heavy (non-hydrogen) atoms. The minimum absolute atomic E-state index is 0.00708. The predicted octanol–water partition coefficient (Wildman–Crippen LogP) is 2.36. The van der Waals surface area contributed by atoms with Gasteiger partial charge in [-0.1, -0.05) is 18.2 Å². The van der Waals surface area contributed by atoms with Crippen molar-refractivity contribution in [2.24, 2.45) is 0 Å². The fourth-order valence-corrected chi connectivity index (χ4v) is 2.13. The molecule has 8 heteroatoms. The molecule has 0 saturated heterocycles. The Morgan fingerprint density at radius 1 is 1.42 bits per heavy atom. The molecule has 0 bridgehead atoms. The van der Waals surface area contributed by atoms with E-state index in [0.29, 0.717) is 11.6 Å². The molecule has 0 N–H and O–H groups in total. The molecule has 1 heterocycles. The number of aryl methyl sites for hydroxylation is 1. The number of carbonyl (C=O) groups excluding carboxylic acids is 1. The third-order valence-corrected chi connectivity index (χ3v) is 3.32. The summed E-state index contributed by atoms with van der Waals surface area (Å²) >= 11 is 0. The van der Waals surface area contributed by atoms with E-state index in [4.69, 9.17) is 9.47 Å². The Hall–Kier alpha value is -3.16. The number of carbonyl (C=O) groups is 1. The van der Waals surface area contributed by atoms with Crippen molar-refractivity contribution in [2.45, 2.75) is 13.5 Å². The summed E-state index contributed by atoms with van der Waals surface area (Å²) in [4.78, 5) is 26.0. The Kier molecular flexibility index (Phi) is 5.67. The summed E-state index contributed by atoms with van der Waals surface area (Å²) in [6, 6.07) is 7.25. The van der Waals surface area contributed by atoms with Crippen molar-refractivity contribution in [2.75, 3.05) is 13.7 Å². The van der Waals surface area contributed by atoms with Gasteiger partial charge in [-0.3, -0.25) is 0 Å². The third-order valence-electron chi connectivity index (χ3n) is 3.32. The number of imidazole rings is 1. The number of rotatable bonds is 7. The summed E-state index contributed by atoms with van der Waals surface area (Å²) in [5.74, 6) is 0.461. The van der Waals surface area contributed by atoms with Crippen molar-refractivity contribution < 1.29 is 19.2 Å². The highest BCUT2D eigenvalue weighted by Crippen LogP contribution is 2.18. The second kappa shape index (κ2) is 7.91. The normalized spacial score (nSPS) is 10.8. The van der Waals surface area contributed by atoms with Gasteiger partial charge in [0.2, 0.25) is 0 Å². The molecule has 0 aliphatic rings. The van der Waals surface area contributed by atoms with Gasteiger partial charge in [0.25, 0.3) is 0 Å². The highest BCUT2D eigenvalue weighted by molar-refractivity contribution is 5.87. The standard InChI is InChI=1S/C16H17N3O5/c1-12-17-11-15(19(21)22)18(12)9-10-24-16(20)8-7-13-5-3-4-6-14(13)23-2/h3-8,11H,9-10H2,1-2H3/b8-7+. The van der Waals surface area contributed by atoms with Crippen LogP contribution in [0.2, 0.25) is 0 Å². The lowest BCUT2D eigenvalue weighted by atomic mass is 10.2. The molecular weight excluding hydrogens is 314 g/mol. The van der Waals surface area contributed by atoms with Crippen LogP contribution in [0.5, 0.6) is 5.75 Å². The van der Waals surface area contributed by atoms with Crippen molar-refractivity contribution in [1.29, 1.82) is 0 Å². The van der Waals surface area contributed by atoms with Crippen LogP contribution < -0.4 is 4.74 Å². The Balaban J connectivity index is 1.91. The molecule has 0 aliphatic heterocycles. The van der Waals surface area contributed by atoms with Gasteiger partial charge in [0.15, 0.2) is 5.82 Å². The molecule has 1 aromatic heterocycles. The predicted molar refractivity (Wildman–Crippen MR) is 86.6 cm³/mol. The molecule has 0 atom stereocenters. The van der Waals surface area contributed by atoms with E-state index in [1.54, 1.807) is 32.2 Å². The van der Waals surface area contributed by atoms with Crippen LogP contribution in [-0.4, -0.2) is 34.2 Å². The highest BCUT2D eigenvalue weighted by atomic mass is 16.6. The number of para-hydroxylation sites is 1. The summed E-state index contributed by atoms with van der Waals surface area (Å²) in [5.41, 5.74) is 0.748. The number of nitro groups is 1. The van der Waals surface area contributed by atoms with Gasteiger partial charge in [-0.15, -0.1) is 0 Å². The second-order valence-corrected chi connectivity index (χ2v) is 4.82. The molecule has 1 aromatic carbocycles. The molecule has 0 spiro atoms. The molecular formula is C16H17N3O5. The van der Waals surface area contributed by atoms with Gasteiger partial charge in [-0.2, -0.15) is 0 Å². The first-order valence-corrected chi connectivity index (χ1v) is 7.17. The SMILES string of the molecule is COc1ccccc1/C=C/C(=O)OCCn1c([N+](=O)[O-])cnc1C. The zero-order chi connectivity index (χ0) is 17.5. The number of ether oxygens (including phenoxy) is 2. The molecule has 8 nitrogen and oxygen atoms in total. The van der Waals surface area contributed by atoms with Gasteiger partial charge in [0, 0.05) is 18.6 Å². The van der Waals surface area contributed by atoms with E-state index >= 15 is 0 Å². The average Bonchev–Trinajstić information content (AvgIpc) is 2.94. The maximum absolute atomic E-state index is 11.7. The zero-order valence-electron chi connectivity index (χ0n) is 13.3. The first-order chi connectivity index (χ1) is 11.5. The molecule has 0 saturated carbocycles. The number of hydrogen-bond acceptors (Lipinski definition) is 6. The molecule has 0 unspecified atom stereocenters. The fraction of sp³-hybridized carbons (Fsp3) is 0.250. The van der Waals surface area contributed by atoms with Gasteiger partial charge < -0.3 is 19.6 Å². The third kappa shape index (κ3) is 4.19. The van der Waals surface area contributed by atoms with E-state index in [0.717, 1.165) is 5.56 Å². The Morgan fingerprint density at radius 3 is 2.88 bits per heavy atom. The minimum atomic E-state index is -0.540. The van der Waals surface area contributed by atoms with Gasteiger partial charge in [-0.05, 0) is 17.1 Å². The average molecular weight is 331 g/mol. The molecule has 2 rings (SSSR count). The number of methoxy groups -OCH3 is 1. The lowest BCUT2D eigenvalue weighted by Gasteiger charge is -2.04. The van der Waals surface area contributed by atoms with E-state index in [2.05, 4.69) is 4.98 Å². The van der Waals surface area contributed by atoms with Crippen LogP contribution >= 0.6 is 0 Å². The molecule has 0 amide bonds. The molecule has 126 valence electrons. The smallest absolute Gasteiger partial charge is 0.342 e. The summed E-state index contributed by atoms with van der Waals surface area (Å²) < 4.78 is 11.6. The number of hydrogen-bond donors (Lipinski definition) is 0. The van der Waals surface area contributed by atoms with E-state index in [9.17, 15) is 14.9 Å². The summed E-state index contributed by atoms with van der Waals surface area (Å²) in [6.45, 7) is 1.82. The van der Waals surface area contributed by atoms with E-state index < -0.39 is 10.9 Å². The molecule has 0 aliphatic carbocycles. The van der Waals surface area contributed by atoms with Crippen LogP contribution in [0, 0.1) is 17.0 Å². The summed E-state index contributed by atoms with van der Waals surface area (Å²) in [5, 5.41) is 10.9. The Morgan fingerprint density at radius 2 is 2.17 bits per heavy atom. The zero-order valence-corrected chi connectivity index (χ0v) is 13.3. The van der Waals surface area contributed by atoms with E-state index in [1.807, 2.05) is 12.1 Å². The lowest BCUT2D eigenvalue weighted by Crippen LogP contribution is -2.12. The molecule has 2 aromatic rings. The Labute approximate surface area is 138 Å². The monoisotopic (exact) mass is 331 g/mol. The van der Waals surface area contributed by atoms with Crippen LogP contribution in [0.4, 0.5) is 5.82 Å². The topological polar surface area (TPSA) is 96.5 Å². The first kappa shape index (κ1) is 17.2. The van der Waals surface area contributed by atoms with Crippen molar-refractivity contribution in [3.63, 3.8) is 0 Å². The van der Waals surface area contributed by atoms with Crippen LogP contribution in [0.3, 0.4) is 0 Å². The number of nitrogens with zero attached hydrogens (tertiary/aromatic N) is 3. The van der Waals surface area contributed by atoms with Crippen molar-refractivity contribution >= 4 is 17.9 Å². The number of aromatic nitrogens is 2. The van der Waals surface area contributed by atoms with Crippen molar-refractivity contribution in [3.8, 4) is 5.75 Å². The number of benzene rings is 1. The highest BCUT2D eigenvalue weighted by Gasteiger charge is 2.17. The molecule has 0 radical (unpaired) electrons. The maximum atomic E-state index is 11.7. The lowest BCUT2D eigenvalue weighted by molar-refractivity contribution is -0.392. The second-order valence-electron chi connectivity index (χ2n) is 4.82. The van der Waals surface area contributed by atoms with Crippen LogP contribution in [0.15, 0.2) is 36.5 Å². The molecule has 0 fully saturated rings.